The molecule has 4 N–H and O–H groups in total. The van der Waals surface area contributed by atoms with Crippen molar-refractivity contribution in [3.63, 3.8) is 0 Å². The predicted molar refractivity (Wildman–Crippen MR) is 121 cm³/mol. The maximum absolute atomic E-state index is 12.5. The first-order valence-corrected chi connectivity index (χ1v) is 10.6. The molecule has 0 radical (unpaired) electrons. The molecule has 0 aliphatic carbocycles. The number of amides is 1. The molecule has 27 heavy (non-hydrogen) atoms. The zero-order chi connectivity index (χ0) is 19.4. The number of phenols is 1. The lowest BCUT2D eigenvalue weighted by Gasteiger charge is -2.16. The number of halogens is 1. The van der Waals surface area contributed by atoms with Gasteiger partial charge < -0.3 is 16.2 Å². The molecule has 1 aliphatic rings. The standard InChI is InChI=1S/C20H20IN3O2S/c1-12-7-8-15(16(25)10-12)20(26)24-14-5-2-4-13(11-14)18(21)27-17-6-3-9-23-19(17)22/h2,4-8,10-11,18,25H,3,9H2,1H3,(H2,22,23)(H,24,26). The minimum absolute atomic E-state index is 0.0232. The molecule has 1 aliphatic heterocycles. The van der Waals surface area contributed by atoms with Crippen LogP contribution in [0, 0.1) is 6.92 Å². The van der Waals surface area contributed by atoms with Gasteiger partial charge >= 0.3 is 0 Å². The summed E-state index contributed by atoms with van der Waals surface area (Å²) < 4.78 is 0.130. The quantitative estimate of drug-likeness (QED) is 0.414. The van der Waals surface area contributed by atoms with E-state index in [1.54, 1.807) is 30.0 Å². The highest BCUT2D eigenvalue weighted by atomic mass is 127. The monoisotopic (exact) mass is 493 g/mol. The second-order valence-corrected chi connectivity index (χ2v) is 9.40. The smallest absolute Gasteiger partial charge is 0.259 e. The van der Waals surface area contributed by atoms with Crippen molar-refractivity contribution in [3.05, 3.63) is 70.1 Å². The molecule has 2 aromatic rings. The second-order valence-electron chi connectivity index (χ2n) is 6.16. The molecule has 7 heteroatoms. The molecule has 0 aromatic heterocycles. The minimum Gasteiger partial charge on any atom is -0.507 e. The number of aromatic hydroxyl groups is 1. The minimum atomic E-state index is -0.339. The van der Waals surface area contributed by atoms with E-state index in [9.17, 15) is 9.90 Å². The van der Waals surface area contributed by atoms with Crippen molar-refractivity contribution in [1.82, 2.24) is 0 Å². The number of aliphatic imine (C=N–C) groups is 1. The molecule has 0 spiro atoms. The van der Waals surface area contributed by atoms with Crippen LogP contribution in [0.4, 0.5) is 5.69 Å². The number of carbonyl (C=O) groups excluding carboxylic acids is 1. The summed E-state index contributed by atoms with van der Waals surface area (Å²) in [7, 11) is 0. The van der Waals surface area contributed by atoms with Gasteiger partial charge in [0.25, 0.3) is 5.91 Å². The molecule has 0 fully saturated rings. The SMILES string of the molecule is Cc1ccc(C(=O)Nc2cccc(C(I)SC3=CCCN=C3N)c2)c(O)c1. The number of dihydropyridines is 1. The molecule has 0 saturated carbocycles. The third-order valence-corrected chi connectivity index (χ3v) is 6.62. The van der Waals surface area contributed by atoms with E-state index in [1.165, 1.54) is 0 Å². The van der Waals surface area contributed by atoms with Crippen molar-refractivity contribution in [2.45, 2.75) is 16.6 Å². The summed E-state index contributed by atoms with van der Waals surface area (Å²) in [6.07, 6.45) is 3.02. The highest BCUT2D eigenvalue weighted by Crippen LogP contribution is 2.41. The lowest BCUT2D eigenvalue weighted by atomic mass is 10.1. The van der Waals surface area contributed by atoms with Gasteiger partial charge in [-0.2, -0.15) is 0 Å². The summed E-state index contributed by atoms with van der Waals surface area (Å²) in [6, 6.07) is 12.7. The molecule has 3 rings (SSSR count). The van der Waals surface area contributed by atoms with Crippen LogP contribution in [0.1, 0.15) is 31.2 Å². The van der Waals surface area contributed by atoms with E-state index >= 15 is 0 Å². The van der Waals surface area contributed by atoms with Crippen LogP contribution < -0.4 is 11.1 Å². The zero-order valence-electron chi connectivity index (χ0n) is 14.8. The molecular formula is C20H20IN3O2S. The number of carbonyl (C=O) groups is 1. The van der Waals surface area contributed by atoms with Crippen LogP contribution in [0.3, 0.4) is 0 Å². The summed E-state index contributed by atoms with van der Waals surface area (Å²) in [4.78, 5) is 17.8. The predicted octanol–water partition coefficient (Wildman–Crippen LogP) is 4.76. The Balaban J connectivity index is 1.72. The second kappa shape index (κ2) is 8.79. The number of hydrogen-bond donors (Lipinski definition) is 3. The molecule has 0 saturated heterocycles. The molecule has 1 atom stereocenters. The van der Waals surface area contributed by atoms with Gasteiger partial charge in [-0.3, -0.25) is 9.79 Å². The number of phenolic OH excluding ortho intramolecular Hbond substituents is 1. The van der Waals surface area contributed by atoms with Crippen LogP contribution in [-0.2, 0) is 0 Å². The van der Waals surface area contributed by atoms with E-state index in [4.69, 9.17) is 5.73 Å². The fourth-order valence-corrected chi connectivity index (χ4v) is 4.76. The van der Waals surface area contributed by atoms with E-state index < -0.39 is 0 Å². The van der Waals surface area contributed by atoms with Gasteiger partial charge in [-0.15, -0.1) is 11.8 Å². The van der Waals surface area contributed by atoms with Gasteiger partial charge in [-0.05, 0) is 48.7 Å². The van der Waals surface area contributed by atoms with Gasteiger partial charge in [0.15, 0.2) is 0 Å². The van der Waals surface area contributed by atoms with Crippen molar-refractivity contribution in [2.24, 2.45) is 10.7 Å². The third-order valence-electron chi connectivity index (χ3n) is 4.03. The Kier molecular flexibility index (Phi) is 6.43. The summed E-state index contributed by atoms with van der Waals surface area (Å²) in [5.41, 5.74) is 8.86. The first kappa shape index (κ1) is 19.8. The average molecular weight is 493 g/mol. The molecule has 1 unspecified atom stereocenters. The summed E-state index contributed by atoms with van der Waals surface area (Å²) in [5.74, 6) is 0.228. The summed E-state index contributed by atoms with van der Waals surface area (Å²) in [5, 5.41) is 12.8. The maximum atomic E-state index is 12.5. The van der Waals surface area contributed by atoms with Crippen LogP contribution in [0.5, 0.6) is 5.75 Å². The van der Waals surface area contributed by atoms with E-state index in [-0.39, 0.29) is 20.5 Å². The Morgan fingerprint density at radius 2 is 2.15 bits per heavy atom. The molecule has 5 nitrogen and oxygen atoms in total. The van der Waals surface area contributed by atoms with Gasteiger partial charge in [0.2, 0.25) is 0 Å². The van der Waals surface area contributed by atoms with Crippen molar-refractivity contribution in [3.8, 4) is 5.75 Å². The molecule has 140 valence electrons. The largest absolute Gasteiger partial charge is 0.507 e. The van der Waals surface area contributed by atoms with Gasteiger partial charge in [0.1, 0.15) is 11.6 Å². The van der Waals surface area contributed by atoms with Crippen LogP contribution in [0.25, 0.3) is 0 Å². The molecule has 2 aromatic carbocycles. The fourth-order valence-electron chi connectivity index (χ4n) is 2.64. The number of aryl methyl sites for hydroxylation is 1. The number of anilines is 1. The fraction of sp³-hybridized carbons (Fsp3) is 0.200. The van der Waals surface area contributed by atoms with Crippen LogP contribution >= 0.6 is 34.4 Å². The first-order chi connectivity index (χ1) is 12.9. The highest BCUT2D eigenvalue weighted by molar-refractivity contribution is 14.1. The van der Waals surface area contributed by atoms with Crippen LogP contribution in [0.2, 0.25) is 0 Å². The number of amidine groups is 1. The van der Waals surface area contributed by atoms with Gasteiger partial charge in [0, 0.05) is 17.1 Å². The van der Waals surface area contributed by atoms with Crippen molar-refractivity contribution >= 4 is 51.8 Å². The Morgan fingerprint density at radius 1 is 1.33 bits per heavy atom. The zero-order valence-corrected chi connectivity index (χ0v) is 17.8. The topological polar surface area (TPSA) is 87.7 Å². The summed E-state index contributed by atoms with van der Waals surface area (Å²) in [6.45, 7) is 2.61. The Hall–Kier alpha value is -2.00. The van der Waals surface area contributed by atoms with E-state index in [0.717, 1.165) is 29.0 Å². The van der Waals surface area contributed by atoms with Crippen LogP contribution in [-0.4, -0.2) is 23.4 Å². The van der Waals surface area contributed by atoms with Gasteiger partial charge in [-0.25, -0.2) is 0 Å². The number of hydrogen-bond acceptors (Lipinski definition) is 5. The van der Waals surface area contributed by atoms with E-state index in [1.807, 2.05) is 31.2 Å². The van der Waals surface area contributed by atoms with Crippen LogP contribution in [0.15, 0.2) is 58.4 Å². The van der Waals surface area contributed by atoms with Crippen molar-refractivity contribution in [2.75, 3.05) is 11.9 Å². The van der Waals surface area contributed by atoms with Gasteiger partial charge in [0.05, 0.1) is 8.82 Å². The Bertz CT molecular complexity index is 927. The maximum Gasteiger partial charge on any atom is 0.259 e. The number of nitrogens with zero attached hydrogens (tertiary/aromatic N) is 1. The number of nitrogens with two attached hydrogens (primary N) is 1. The van der Waals surface area contributed by atoms with E-state index in [2.05, 4.69) is 39.0 Å². The normalized spacial score (nSPS) is 14.9. The number of rotatable bonds is 5. The number of thioether (sulfide) groups is 1. The highest BCUT2D eigenvalue weighted by Gasteiger charge is 2.16. The number of nitrogens with one attached hydrogen (secondary N) is 1. The average Bonchev–Trinajstić information content (AvgIpc) is 2.63. The lowest BCUT2D eigenvalue weighted by molar-refractivity contribution is 0.102. The lowest BCUT2D eigenvalue weighted by Crippen LogP contribution is -2.17. The van der Waals surface area contributed by atoms with E-state index in [0.29, 0.717) is 11.5 Å². The molecule has 0 bridgehead atoms. The van der Waals surface area contributed by atoms with Crippen molar-refractivity contribution in [1.29, 1.82) is 0 Å². The first-order valence-electron chi connectivity index (χ1n) is 8.46. The molecular weight excluding hydrogens is 473 g/mol. The Labute approximate surface area is 176 Å². The molecule has 1 amide bonds. The number of benzene rings is 2. The number of alkyl halides is 1. The molecule has 1 heterocycles. The summed E-state index contributed by atoms with van der Waals surface area (Å²) >= 11 is 4.00. The van der Waals surface area contributed by atoms with Crippen molar-refractivity contribution < 1.29 is 9.90 Å². The van der Waals surface area contributed by atoms with Gasteiger partial charge in [-0.1, -0.05) is 46.9 Å². The Morgan fingerprint density at radius 3 is 2.89 bits per heavy atom. The third kappa shape index (κ3) is 5.04.